The molecule has 2 heterocycles. The third-order valence-corrected chi connectivity index (χ3v) is 5.62. The number of anilines is 2. The highest BCUT2D eigenvalue weighted by Gasteiger charge is 2.25. The first-order chi connectivity index (χ1) is 13.5. The maximum Gasteiger partial charge on any atom is 0.279 e. The van der Waals surface area contributed by atoms with Crippen molar-refractivity contribution < 1.29 is 19.4 Å². The number of thiazole rings is 1. The van der Waals surface area contributed by atoms with E-state index in [9.17, 15) is 9.90 Å². The van der Waals surface area contributed by atoms with Gasteiger partial charge in [0.25, 0.3) is 5.91 Å². The van der Waals surface area contributed by atoms with Crippen molar-refractivity contribution >= 4 is 49.6 Å². The number of hydrogen-bond acceptors (Lipinski definition) is 7. The van der Waals surface area contributed by atoms with Crippen LogP contribution in [-0.2, 0) is 4.79 Å². The van der Waals surface area contributed by atoms with Gasteiger partial charge in [0.2, 0.25) is 5.88 Å². The Kier molecular flexibility index (Phi) is 4.78. The first-order valence-electron chi connectivity index (χ1n) is 8.12. The zero-order chi connectivity index (χ0) is 19.8. The van der Waals surface area contributed by atoms with Gasteiger partial charge in [-0.3, -0.25) is 4.79 Å². The Bertz CT molecular complexity index is 1220. The first kappa shape index (κ1) is 18.5. The second kappa shape index (κ2) is 7.25. The Hall–Kier alpha value is -2.91. The molecule has 3 aromatic rings. The molecule has 0 spiro atoms. The van der Waals surface area contributed by atoms with E-state index in [1.165, 1.54) is 0 Å². The predicted octanol–water partition coefficient (Wildman–Crippen LogP) is 2.73. The third-order valence-electron chi connectivity index (χ3n) is 4.15. The van der Waals surface area contributed by atoms with Crippen molar-refractivity contribution in [3.8, 4) is 17.4 Å². The number of carbonyl (C=O) groups is 1. The van der Waals surface area contributed by atoms with E-state index in [0.29, 0.717) is 43.3 Å². The van der Waals surface area contributed by atoms with Gasteiger partial charge in [-0.1, -0.05) is 27.3 Å². The standard InChI is InChI=1S/C19H14BrN3O4S/c1-26-10-4-6-13(14(8-10)27-2)22-19-23-18(25)16(28-19)15-11-7-9(20)3-5-12(11)21-17(15)24/h3-8,25H,1-2H3,(H,22,23). The van der Waals surface area contributed by atoms with Crippen molar-refractivity contribution in [1.82, 2.24) is 4.98 Å². The van der Waals surface area contributed by atoms with Crippen molar-refractivity contribution in [1.29, 1.82) is 0 Å². The van der Waals surface area contributed by atoms with E-state index in [1.807, 2.05) is 6.07 Å². The Balaban J connectivity index is 1.76. The Morgan fingerprint density at radius 1 is 1.14 bits per heavy atom. The van der Waals surface area contributed by atoms with Crippen LogP contribution < -0.4 is 25.4 Å². The molecule has 0 saturated carbocycles. The van der Waals surface area contributed by atoms with E-state index < -0.39 is 5.91 Å². The van der Waals surface area contributed by atoms with E-state index in [2.05, 4.69) is 31.2 Å². The van der Waals surface area contributed by atoms with E-state index >= 15 is 0 Å². The summed E-state index contributed by atoms with van der Waals surface area (Å²) in [5.74, 6) is 0.581. The number of nitrogens with one attached hydrogen (secondary N) is 1. The highest BCUT2D eigenvalue weighted by atomic mass is 79.9. The smallest absolute Gasteiger partial charge is 0.279 e. The lowest BCUT2D eigenvalue weighted by molar-refractivity contribution is -0.112. The van der Waals surface area contributed by atoms with Crippen LogP contribution in [0.25, 0.3) is 5.57 Å². The number of methoxy groups -OCH3 is 2. The van der Waals surface area contributed by atoms with Crippen LogP contribution in [0.15, 0.2) is 45.9 Å². The van der Waals surface area contributed by atoms with Gasteiger partial charge in [-0.2, -0.15) is 4.98 Å². The van der Waals surface area contributed by atoms with Crippen molar-refractivity contribution in [2.75, 3.05) is 19.5 Å². The van der Waals surface area contributed by atoms with Gasteiger partial charge >= 0.3 is 0 Å². The van der Waals surface area contributed by atoms with Crippen molar-refractivity contribution in [2.24, 2.45) is 4.99 Å². The number of aromatic hydroxyl groups is 1. The maximum absolute atomic E-state index is 12.4. The lowest BCUT2D eigenvalue weighted by atomic mass is 10.1. The maximum atomic E-state index is 12.4. The second-order valence-electron chi connectivity index (χ2n) is 5.82. The molecule has 7 nitrogen and oxygen atoms in total. The number of benzene rings is 2. The molecule has 1 aromatic heterocycles. The van der Waals surface area contributed by atoms with Crippen molar-refractivity contribution in [3.05, 3.63) is 56.3 Å². The average molecular weight is 460 g/mol. The Morgan fingerprint density at radius 3 is 2.71 bits per heavy atom. The van der Waals surface area contributed by atoms with Crippen LogP contribution in [0.5, 0.6) is 17.4 Å². The topological polar surface area (TPSA) is 93.0 Å². The number of aromatic nitrogens is 1. The SMILES string of the molecule is COc1ccc(Nc2nc(O)c(C3=c4cc(Br)ccc4=NC3=O)s2)c(OC)c1. The molecule has 9 heteroatoms. The van der Waals surface area contributed by atoms with Crippen LogP contribution in [0, 0.1) is 0 Å². The number of fused-ring (bicyclic) bond motifs is 1. The summed E-state index contributed by atoms with van der Waals surface area (Å²) in [7, 11) is 3.12. The van der Waals surface area contributed by atoms with Gasteiger partial charge < -0.3 is 19.9 Å². The molecular weight excluding hydrogens is 446 g/mol. The molecule has 0 radical (unpaired) electrons. The number of rotatable bonds is 5. The van der Waals surface area contributed by atoms with Crippen LogP contribution in [-0.4, -0.2) is 30.2 Å². The van der Waals surface area contributed by atoms with Crippen LogP contribution in [0.4, 0.5) is 10.8 Å². The molecule has 0 unspecified atom stereocenters. The van der Waals surface area contributed by atoms with E-state index in [1.54, 1.807) is 44.6 Å². The van der Waals surface area contributed by atoms with Crippen LogP contribution in [0.1, 0.15) is 4.88 Å². The molecule has 2 N–H and O–H groups in total. The molecule has 1 amide bonds. The zero-order valence-electron chi connectivity index (χ0n) is 14.8. The fourth-order valence-electron chi connectivity index (χ4n) is 2.85. The molecule has 0 aliphatic carbocycles. The largest absolute Gasteiger partial charge is 0.497 e. The number of amides is 1. The number of halogens is 1. The van der Waals surface area contributed by atoms with Gasteiger partial charge in [0.15, 0.2) is 5.13 Å². The van der Waals surface area contributed by atoms with Gasteiger partial charge in [-0.25, -0.2) is 4.99 Å². The minimum Gasteiger partial charge on any atom is -0.497 e. The fraction of sp³-hybridized carbons (Fsp3) is 0.105. The van der Waals surface area contributed by atoms with Crippen LogP contribution >= 0.6 is 27.3 Å². The highest BCUT2D eigenvalue weighted by molar-refractivity contribution is 9.10. The third kappa shape index (κ3) is 3.23. The zero-order valence-corrected chi connectivity index (χ0v) is 17.2. The molecule has 142 valence electrons. The number of nitrogens with zero attached hydrogens (tertiary/aromatic N) is 2. The molecule has 0 bridgehead atoms. The highest BCUT2D eigenvalue weighted by Crippen LogP contribution is 2.38. The summed E-state index contributed by atoms with van der Waals surface area (Å²) in [6.45, 7) is 0. The van der Waals surface area contributed by atoms with Gasteiger partial charge in [-0.15, -0.1) is 0 Å². The summed E-state index contributed by atoms with van der Waals surface area (Å²) in [6, 6.07) is 10.7. The molecule has 28 heavy (non-hydrogen) atoms. The van der Waals surface area contributed by atoms with E-state index in [4.69, 9.17) is 9.47 Å². The molecule has 0 atom stereocenters. The number of carbonyl (C=O) groups excluding carboxylic acids is 1. The predicted molar refractivity (Wildman–Crippen MR) is 109 cm³/mol. The van der Waals surface area contributed by atoms with Crippen molar-refractivity contribution in [2.45, 2.75) is 0 Å². The van der Waals surface area contributed by atoms with Crippen LogP contribution in [0.2, 0.25) is 0 Å². The minimum atomic E-state index is -0.402. The number of ether oxygens (including phenoxy) is 2. The number of hydrogen-bond donors (Lipinski definition) is 2. The van der Waals surface area contributed by atoms with Crippen molar-refractivity contribution in [3.63, 3.8) is 0 Å². The first-order valence-corrected chi connectivity index (χ1v) is 9.73. The van der Waals surface area contributed by atoms with E-state index in [0.717, 1.165) is 15.8 Å². The fourth-order valence-corrected chi connectivity index (χ4v) is 4.14. The minimum absolute atomic E-state index is 0.230. The van der Waals surface area contributed by atoms with Gasteiger partial charge in [0.1, 0.15) is 16.4 Å². The molecule has 4 rings (SSSR count). The van der Waals surface area contributed by atoms with Gasteiger partial charge in [-0.05, 0) is 30.3 Å². The average Bonchev–Trinajstić information content (AvgIpc) is 3.19. The summed E-state index contributed by atoms with van der Waals surface area (Å²) in [5, 5.41) is 15.1. The summed E-state index contributed by atoms with van der Waals surface area (Å²) in [6.07, 6.45) is 0. The summed E-state index contributed by atoms with van der Waals surface area (Å²) in [5.41, 5.74) is 0.986. The lowest BCUT2D eigenvalue weighted by Gasteiger charge is -2.10. The normalized spacial score (nSPS) is 12.5. The molecule has 1 aliphatic heterocycles. The Labute approximate surface area is 172 Å². The summed E-state index contributed by atoms with van der Waals surface area (Å²) < 4.78 is 11.4. The summed E-state index contributed by atoms with van der Waals surface area (Å²) in [4.78, 5) is 21.0. The molecular formula is C19H14BrN3O4S. The quantitative estimate of drug-likeness (QED) is 0.609. The van der Waals surface area contributed by atoms with Gasteiger partial charge in [0.05, 0.1) is 30.8 Å². The molecule has 0 fully saturated rings. The Morgan fingerprint density at radius 2 is 1.96 bits per heavy atom. The molecule has 0 saturated heterocycles. The monoisotopic (exact) mass is 459 g/mol. The van der Waals surface area contributed by atoms with Gasteiger partial charge in [0, 0.05) is 15.8 Å². The molecule has 1 aliphatic rings. The summed E-state index contributed by atoms with van der Waals surface area (Å²) >= 11 is 4.56. The molecule has 2 aromatic carbocycles. The second-order valence-corrected chi connectivity index (χ2v) is 7.73. The van der Waals surface area contributed by atoms with E-state index in [-0.39, 0.29) is 5.88 Å². The lowest BCUT2D eigenvalue weighted by Crippen LogP contribution is -2.22. The van der Waals surface area contributed by atoms with Crippen LogP contribution in [0.3, 0.4) is 0 Å².